The summed E-state index contributed by atoms with van der Waals surface area (Å²) in [5.74, 6) is -0.892. The van der Waals surface area contributed by atoms with Crippen molar-refractivity contribution in [1.82, 2.24) is 0 Å². The van der Waals surface area contributed by atoms with Crippen molar-refractivity contribution in [3.63, 3.8) is 0 Å². The average molecular weight is 337 g/mol. The lowest BCUT2D eigenvalue weighted by molar-refractivity contribution is 0.0486. The largest absolute Gasteiger partial charge is 0.462 e. The summed E-state index contributed by atoms with van der Waals surface area (Å²) in [6, 6.07) is 6.75. The molecule has 0 saturated carbocycles. The number of carbonyl (C=O) groups is 2. The summed E-state index contributed by atoms with van der Waals surface area (Å²) in [4.78, 5) is 24.4. The Kier molecular flexibility index (Phi) is 5.45. The summed E-state index contributed by atoms with van der Waals surface area (Å²) >= 11 is 5.90. The third-order valence-electron chi connectivity index (χ3n) is 3.16. The van der Waals surface area contributed by atoms with Crippen molar-refractivity contribution in [2.75, 3.05) is 13.2 Å². The Morgan fingerprint density at radius 3 is 2.17 bits per heavy atom. The number of benzene rings is 1. The highest BCUT2D eigenvalue weighted by Gasteiger charge is 2.29. The van der Waals surface area contributed by atoms with Crippen molar-refractivity contribution in [2.45, 2.75) is 20.8 Å². The van der Waals surface area contributed by atoms with Gasteiger partial charge in [-0.25, -0.2) is 9.59 Å². The van der Waals surface area contributed by atoms with E-state index in [-0.39, 0.29) is 24.5 Å². The van der Waals surface area contributed by atoms with Crippen LogP contribution in [0.25, 0.3) is 11.1 Å². The first-order valence-electron chi connectivity index (χ1n) is 7.23. The highest BCUT2D eigenvalue weighted by molar-refractivity contribution is 6.30. The van der Waals surface area contributed by atoms with Crippen LogP contribution in [0.1, 0.15) is 40.5 Å². The van der Waals surface area contributed by atoms with E-state index in [0.29, 0.717) is 21.9 Å². The molecule has 0 aliphatic heterocycles. The molecule has 0 atom stereocenters. The molecule has 0 aliphatic rings. The highest BCUT2D eigenvalue weighted by atomic mass is 35.5. The van der Waals surface area contributed by atoms with Crippen LogP contribution in [0, 0.1) is 6.92 Å². The number of ether oxygens (including phenoxy) is 2. The molecule has 0 fully saturated rings. The van der Waals surface area contributed by atoms with E-state index in [4.69, 9.17) is 25.5 Å². The van der Waals surface area contributed by atoms with Crippen molar-refractivity contribution in [3.05, 3.63) is 46.4 Å². The van der Waals surface area contributed by atoms with Crippen LogP contribution in [0.2, 0.25) is 5.02 Å². The van der Waals surface area contributed by atoms with Crippen molar-refractivity contribution < 1.29 is 23.5 Å². The van der Waals surface area contributed by atoms with E-state index in [9.17, 15) is 9.59 Å². The molecule has 23 heavy (non-hydrogen) atoms. The van der Waals surface area contributed by atoms with Crippen LogP contribution in [-0.2, 0) is 9.47 Å². The lowest BCUT2D eigenvalue weighted by atomic mass is 10.00. The lowest BCUT2D eigenvalue weighted by Gasteiger charge is -2.06. The smallest absolute Gasteiger partial charge is 0.374 e. The predicted molar refractivity (Wildman–Crippen MR) is 85.8 cm³/mol. The minimum atomic E-state index is -0.629. The summed E-state index contributed by atoms with van der Waals surface area (Å²) in [5, 5.41) is 0.546. The van der Waals surface area contributed by atoms with Gasteiger partial charge in [-0.1, -0.05) is 23.7 Å². The summed E-state index contributed by atoms with van der Waals surface area (Å²) < 4.78 is 15.6. The number of rotatable bonds is 5. The molecule has 0 unspecified atom stereocenters. The quantitative estimate of drug-likeness (QED) is 0.763. The molecule has 0 N–H and O–H groups in total. The Bertz CT molecular complexity index is 715. The highest BCUT2D eigenvalue weighted by Crippen LogP contribution is 2.34. The van der Waals surface area contributed by atoms with E-state index in [1.54, 1.807) is 45.0 Å². The van der Waals surface area contributed by atoms with Gasteiger partial charge < -0.3 is 13.9 Å². The van der Waals surface area contributed by atoms with Crippen molar-refractivity contribution >= 4 is 23.5 Å². The van der Waals surface area contributed by atoms with Crippen LogP contribution in [-0.4, -0.2) is 25.2 Å². The molecular weight excluding hydrogens is 320 g/mol. The lowest BCUT2D eigenvalue weighted by Crippen LogP contribution is -2.09. The van der Waals surface area contributed by atoms with E-state index in [1.165, 1.54) is 0 Å². The molecular formula is C17H17ClO5. The minimum Gasteiger partial charge on any atom is -0.462 e. The van der Waals surface area contributed by atoms with Crippen LogP contribution in [0.4, 0.5) is 0 Å². The van der Waals surface area contributed by atoms with E-state index in [1.807, 2.05) is 0 Å². The van der Waals surface area contributed by atoms with Crippen molar-refractivity contribution in [3.8, 4) is 11.1 Å². The van der Waals surface area contributed by atoms with Gasteiger partial charge in [-0.15, -0.1) is 0 Å². The van der Waals surface area contributed by atoms with Gasteiger partial charge in [0.1, 0.15) is 11.3 Å². The first kappa shape index (κ1) is 17.1. The first-order chi connectivity index (χ1) is 11.0. The Morgan fingerprint density at radius 1 is 1.04 bits per heavy atom. The molecule has 2 rings (SSSR count). The minimum absolute atomic E-state index is 0.0188. The number of carbonyl (C=O) groups excluding carboxylic acids is 2. The van der Waals surface area contributed by atoms with Crippen molar-refractivity contribution in [2.24, 2.45) is 0 Å². The van der Waals surface area contributed by atoms with Gasteiger partial charge in [0, 0.05) is 5.02 Å². The zero-order chi connectivity index (χ0) is 17.0. The molecule has 122 valence electrons. The number of furan rings is 1. The average Bonchev–Trinajstić information content (AvgIpc) is 2.86. The fourth-order valence-corrected chi connectivity index (χ4v) is 2.35. The van der Waals surface area contributed by atoms with Gasteiger partial charge >= 0.3 is 11.9 Å². The number of halogens is 1. The summed E-state index contributed by atoms with van der Waals surface area (Å²) in [7, 11) is 0. The third-order valence-corrected chi connectivity index (χ3v) is 3.41. The second-order valence-electron chi connectivity index (χ2n) is 4.69. The molecule has 2 aromatic rings. The maximum Gasteiger partial charge on any atom is 0.374 e. The van der Waals surface area contributed by atoms with Crippen molar-refractivity contribution in [1.29, 1.82) is 0 Å². The normalized spacial score (nSPS) is 10.4. The number of aryl methyl sites for hydroxylation is 1. The van der Waals surface area contributed by atoms with Crippen LogP contribution in [0.15, 0.2) is 28.7 Å². The van der Waals surface area contributed by atoms with Gasteiger partial charge in [0.15, 0.2) is 0 Å². The molecule has 1 aromatic carbocycles. The summed E-state index contributed by atoms with van der Waals surface area (Å²) in [5.41, 5.74) is 1.20. The van der Waals surface area contributed by atoms with Crippen LogP contribution in [0.5, 0.6) is 0 Å². The van der Waals surface area contributed by atoms with Crippen LogP contribution >= 0.6 is 11.6 Å². The maximum absolute atomic E-state index is 12.3. The Balaban J connectivity index is 2.64. The van der Waals surface area contributed by atoms with Crippen LogP contribution < -0.4 is 0 Å². The zero-order valence-corrected chi connectivity index (χ0v) is 13.9. The third kappa shape index (κ3) is 3.56. The molecule has 6 heteroatoms. The fraction of sp³-hybridized carbons (Fsp3) is 0.294. The monoisotopic (exact) mass is 336 g/mol. The standard InChI is InChI=1S/C17H17ClO5/c1-4-21-16(19)13-10(3)23-15(17(20)22-5-2)14(13)11-6-8-12(18)9-7-11/h6-9H,4-5H2,1-3H3. The first-order valence-corrected chi connectivity index (χ1v) is 7.60. The van der Waals surface area contributed by atoms with E-state index in [0.717, 1.165) is 0 Å². The molecule has 1 aromatic heterocycles. The van der Waals surface area contributed by atoms with Gasteiger partial charge in [-0.2, -0.15) is 0 Å². The summed E-state index contributed by atoms with van der Waals surface area (Å²) in [6.07, 6.45) is 0. The molecule has 0 aliphatic carbocycles. The molecule has 0 amide bonds. The summed E-state index contributed by atoms with van der Waals surface area (Å²) in [6.45, 7) is 5.43. The Labute approximate surface area is 139 Å². The second kappa shape index (κ2) is 7.33. The predicted octanol–water partition coefficient (Wildman–Crippen LogP) is 4.26. The van der Waals surface area contributed by atoms with Gasteiger partial charge in [0.05, 0.1) is 18.8 Å². The topological polar surface area (TPSA) is 65.7 Å². The van der Waals surface area contributed by atoms with E-state index < -0.39 is 11.9 Å². The molecule has 0 spiro atoms. The number of hydrogen-bond donors (Lipinski definition) is 0. The SMILES string of the molecule is CCOC(=O)c1oc(C)c(C(=O)OCC)c1-c1ccc(Cl)cc1. The van der Waals surface area contributed by atoms with Gasteiger partial charge in [0.2, 0.25) is 5.76 Å². The number of esters is 2. The zero-order valence-electron chi connectivity index (χ0n) is 13.1. The fourth-order valence-electron chi connectivity index (χ4n) is 2.23. The molecule has 0 saturated heterocycles. The Morgan fingerprint density at radius 2 is 1.61 bits per heavy atom. The molecule has 5 nitrogen and oxygen atoms in total. The second-order valence-corrected chi connectivity index (χ2v) is 5.12. The molecule has 1 heterocycles. The van der Waals surface area contributed by atoms with Gasteiger partial charge in [-0.3, -0.25) is 0 Å². The van der Waals surface area contributed by atoms with Gasteiger partial charge in [-0.05, 0) is 38.5 Å². The Hall–Kier alpha value is -2.27. The molecule has 0 radical (unpaired) electrons. The molecule has 0 bridgehead atoms. The van der Waals surface area contributed by atoms with E-state index >= 15 is 0 Å². The van der Waals surface area contributed by atoms with E-state index in [2.05, 4.69) is 0 Å². The van der Waals surface area contributed by atoms with Crippen LogP contribution in [0.3, 0.4) is 0 Å². The van der Waals surface area contributed by atoms with Gasteiger partial charge in [0.25, 0.3) is 0 Å². The number of hydrogen-bond acceptors (Lipinski definition) is 5. The maximum atomic E-state index is 12.3.